The molecule has 2 aliphatic carbocycles. The Labute approximate surface area is 282 Å². The lowest BCUT2D eigenvalue weighted by molar-refractivity contribution is -0.125. The molecule has 2 N–H and O–H groups in total. The third kappa shape index (κ3) is 6.33. The van der Waals surface area contributed by atoms with Crippen LogP contribution in [0.25, 0.3) is 0 Å². The first-order valence-corrected chi connectivity index (χ1v) is 16.0. The van der Waals surface area contributed by atoms with Crippen LogP contribution >= 0.6 is 23.2 Å². The summed E-state index contributed by atoms with van der Waals surface area (Å²) in [6, 6.07) is 17.9. The Bertz CT molecular complexity index is 1910. The van der Waals surface area contributed by atoms with Gasteiger partial charge in [0.15, 0.2) is 0 Å². The van der Waals surface area contributed by atoms with Gasteiger partial charge in [-0.25, -0.2) is 4.98 Å². The van der Waals surface area contributed by atoms with Crippen LogP contribution in [0.3, 0.4) is 0 Å². The zero-order chi connectivity index (χ0) is 33.6. The lowest BCUT2D eigenvalue weighted by atomic mass is 9.93. The summed E-state index contributed by atoms with van der Waals surface area (Å²) >= 11 is 12.6. The highest BCUT2D eigenvalue weighted by Gasteiger charge is 2.56. The SMILES string of the molecule is Cc1ccnc(C2(NC(=O)C3(NC(=O)c4cnc(N(C)c5cc(Cl)cc(Cl)c5)n4[C@@](C)(C=O)Cc4ccc(C#N)cc4)CC3)CC2)c1. The predicted molar refractivity (Wildman–Crippen MR) is 179 cm³/mol. The predicted octanol–water partition coefficient (Wildman–Crippen LogP) is 5.76. The molecule has 2 saturated carbocycles. The summed E-state index contributed by atoms with van der Waals surface area (Å²) in [6.07, 6.45) is 6.58. The Hall–Kier alpha value is -4.72. The van der Waals surface area contributed by atoms with E-state index in [2.05, 4.69) is 26.7 Å². The molecule has 0 radical (unpaired) electrons. The third-order valence-electron chi connectivity index (χ3n) is 8.97. The van der Waals surface area contributed by atoms with E-state index in [1.165, 1.54) is 6.20 Å². The summed E-state index contributed by atoms with van der Waals surface area (Å²) in [5.41, 5.74) is 0.866. The number of rotatable bonds is 11. The second kappa shape index (κ2) is 12.1. The number of nitriles is 1. The number of carbonyl (C=O) groups excluding carboxylic acids is 3. The van der Waals surface area contributed by atoms with Crippen LogP contribution in [0.1, 0.15) is 65.5 Å². The maximum Gasteiger partial charge on any atom is 0.270 e. The van der Waals surface area contributed by atoms with Gasteiger partial charge in [0.05, 0.1) is 29.1 Å². The van der Waals surface area contributed by atoms with E-state index in [0.29, 0.717) is 34.1 Å². The van der Waals surface area contributed by atoms with Crippen LogP contribution in [0.2, 0.25) is 10.0 Å². The van der Waals surface area contributed by atoms with Crippen molar-refractivity contribution in [1.82, 2.24) is 25.2 Å². The van der Waals surface area contributed by atoms with Gasteiger partial charge < -0.3 is 20.3 Å². The normalized spacial score (nSPS) is 16.7. The van der Waals surface area contributed by atoms with Crippen molar-refractivity contribution in [2.75, 3.05) is 11.9 Å². The summed E-state index contributed by atoms with van der Waals surface area (Å²) in [5.74, 6) is -0.520. The molecule has 47 heavy (non-hydrogen) atoms. The Balaban J connectivity index is 1.34. The summed E-state index contributed by atoms with van der Waals surface area (Å²) in [4.78, 5) is 51.6. The van der Waals surface area contributed by atoms with Crippen molar-refractivity contribution in [1.29, 1.82) is 5.26 Å². The van der Waals surface area contributed by atoms with E-state index >= 15 is 0 Å². The van der Waals surface area contributed by atoms with Gasteiger partial charge in [0.2, 0.25) is 11.9 Å². The molecule has 0 unspecified atom stereocenters. The highest BCUT2D eigenvalue weighted by atomic mass is 35.5. The number of anilines is 2. The zero-order valence-corrected chi connectivity index (χ0v) is 27.7. The quantitative estimate of drug-likeness (QED) is 0.194. The topological polar surface area (TPSA) is 133 Å². The number of carbonyl (C=O) groups is 3. The Morgan fingerprint density at radius 1 is 1.04 bits per heavy atom. The van der Waals surface area contributed by atoms with Crippen LogP contribution in [0.4, 0.5) is 11.6 Å². The van der Waals surface area contributed by atoms with E-state index < -0.39 is 22.5 Å². The minimum absolute atomic E-state index is 0.101. The highest BCUT2D eigenvalue weighted by molar-refractivity contribution is 6.35. The smallest absolute Gasteiger partial charge is 0.270 e. The van der Waals surface area contributed by atoms with Gasteiger partial charge in [-0.3, -0.25) is 19.1 Å². The first-order chi connectivity index (χ1) is 22.4. The number of nitrogens with one attached hydrogen (secondary N) is 2. The fourth-order valence-electron chi connectivity index (χ4n) is 5.89. The molecule has 6 rings (SSSR count). The molecule has 240 valence electrons. The monoisotopic (exact) mass is 669 g/mol. The molecule has 2 amide bonds. The molecule has 2 aromatic carbocycles. The number of hydrogen-bond acceptors (Lipinski definition) is 7. The van der Waals surface area contributed by atoms with Gasteiger partial charge in [-0.1, -0.05) is 35.3 Å². The van der Waals surface area contributed by atoms with E-state index in [1.807, 2.05) is 19.1 Å². The average molecular weight is 671 g/mol. The second-order valence-corrected chi connectivity index (χ2v) is 13.6. The van der Waals surface area contributed by atoms with Crippen LogP contribution in [0.5, 0.6) is 0 Å². The maximum atomic E-state index is 14.1. The van der Waals surface area contributed by atoms with Crippen molar-refractivity contribution < 1.29 is 14.4 Å². The summed E-state index contributed by atoms with van der Waals surface area (Å²) in [7, 11) is 1.74. The molecule has 2 aliphatic rings. The van der Waals surface area contributed by atoms with Crippen molar-refractivity contribution in [2.45, 2.75) is 62.6 Å². The molecular weight excluding hydrogens is 637 g/mol. The molecule has 0 bridgehead atoms. The van der Waals surface area contributed by atoms with Crippen molar-refractivity contribution in [3.05, 3.63) is 105 Å². The number of aldehydes is 1. The molecule has 2 heterocycles. The fraction of sp³-hybridized carbons (Fsp3) is 0.314. The zero-order valence-electron chi connectivity index (χ0n) is 26.2. The highest BCUT2D eigenvalue weighted by Crippen LogP contribution is 2.47. The first-order valence-electron chi connectivity index (χ1n) is 15.2. The maximum absolute atomic E-state index is 14.1. The Kier molecular flexibility index (Phi) is 8.32. The van der Waals surface area contributed by atoms with Crippen molar-refractivity contribution in [2.24, 2.45) is 0 Å². The third-order valence-corrected chi connectivity index (χ3v) is 9.40. The molecule has 2 fully saturated rings. The second-order valence-electron chi connectivity index (χ2n) is 12.7. The number of pyridine rings is 1. The van der Waals surface area contributed by atoms with Crippen molar-refractivity contribution in [3.8, 4) is 6.07 Å². The Morgan fingerprint density at radius 2 is 1.72 bits per heavy atom. The minimum atomic E-state index is -1.31. The molecule has 0 spiro atoms. The summed E-state index contributed by atoms with van der Waals surface area (Å²) in [5, 5.41) is 16.2. The van der Waals surface area contributed by atoms with E-state index in [1.54, 1.807) is 72.1 Å². The van der Waals surface area contributed by atoms with Gasteiger partial charge >= 0.3 is 0 Å². The average Bonchev–Trinajstić information content (AvgIpc) is 3.97. The van der Waals surface area contributed by atoms with Crippen LogP contribution in [-0.4, -0.2) is 45.2 Å². The first kappa shape index (κ1) is 32.2. The lowest BCUT2D eigenvalue weighted by Gasteiger charge is -2.32. The fourth-order valence-corrected chi connectivity index (χ4v) is 6.41. The van der Waals surface area contributed by atoms with E-state index in [0.717, 1.165) is 35.9 Å². The number of halogens is 2. The number of nitrogens with zero attached hydrogens (tertiary/aromatic N) is 5. The molecule has 1 atom stereocenters. The summed E-state index contributed by atoms with van der Waals surface area (Å²) in [6.45, 7) is 3.69. The molecule has 2 aromatic heterocycles. The van der Waals surface area contributed by atoms with Gasteiger partial charge in [-0.2, -0.15) is 5.26 Å². The number of hydrogen-bond donors (Lipinski definition) is 2. The van der Waals surface area contributed by atoms with Crippen molar-refractivity contribution in [3.63, 3.8) is 0 Å². The number of imidazole rings is 1. The molecule has 0 saturated heterocycles. The van der Waals surface area contributed by atoms with Gasteiger partial charge in [-0.15, -0.1) is 0 Å². The lowest BCUT2D eigenvalue weighted by Crippen LogP contribution is -2.52. The van der Waals surface area contributed by atoms with Crippen LogP contribution in [0.15, 0.2) is 67.0 Å². The van der Waals surface area contributed by atoms with E-state index in [9.17, 15) is 19.6 Å². The molecule has 10 nitrogen and oxygen atoms in total. The van der Waals surface area contributed by atoms with E-state index in [-0.39, 0.29) is 24.0 Å². The van der Waals surface area contributed by atoms with Crippen LogP contribution < -0.4 is 15.5 Å². The van der Waals surface area contributed by atoms with Crippen molar-refractivity contribution >= 4 is 52.9 Å². The summed E-state index contributed by atoms with van der Waals surface area (Å²) < 4.78 is 1.58. The molecular formula is C35H33Cl2N7O3. The van der Waals surface area contributed by atoms with Gasteiger partial charge in [0.25, 0.3) is 5.91 Å². The number of benzene rings is 2. The number of aryl methyl sites for hydroxylation is 1. The van der Waals surface area contributed by atoms with Crippen LogP contribution in [0, 0.1) is 18.3 Å². The largest absolute Gasteiger partial charge is 0.343 e. The molecule has 4 aromatic rings. The Morgan fingerprint density at radius 3 is 2.30 bits per heavy atom. The number of amides is 2. The molecule has 0 aliphatic heterocycles. The van der Waals surface area contributed by atoms with E-state index in [4.69, 9.17) is 23.2 Å². The van der Waals surface area contributed by atoms with Crippen LogP contribution in [-0.2, 0) is 27.1 Å². The van der Waals surface area contributed by atoms with Gasteiger partial charge in [-0.05, 0) is 93.1 Å². The van der Waals surface area contributed by atoms with Gasteiger partial charge in [0.1, 0.15) is 23.1 Å². The van der Waals surface area contributed by atoms with Gasteiger partial charge in [0, 0.05) is 35.4 Å². The minimum Gasteiger partial charge on any atom is -0.343 e. The molecule has 12 heteroatoms. The standard InChI is InChI=1S/C35H33Cl2N7O3/c1-22-8-13-39-29(14-22)34(9-10-34)42-31(47)35(11-12-35)41-30(46)28-20-40-32(43(3)27-16-25(36)15-26(37)17-27)44(28)33(2,21-45)18-23-4-6-24(19-38)7-5-23/h4-8,13-17,20-21H,9-12,18H2,1-3H3,(H,41,46)(H,42,47)/t33-/m1/s1. The number of aromatic nitrogens is 3.